The molecule has 1 aromatic carbocycles. The van der Waals surface area contributed by atoms with Crippen molar-refractivity contribution in [3.63, 3.8) is 0 Å². The fraction of sp³-hybridized carbons (Fsp3) is 0.571. The number of nitrogens with zero attached hydrogens (tertiary/aromatic N) is 2. The van der Waals surface area contributed by atoms with Crippen LogP contribution in [0.1, 0.15) is 13.3 Å². The number of rotatable bonds is 4. The SMILES string of the molecule is C[C@H]1CCN(S(=O)(=O)c2ccc(S(=O)(=O)N(C)C)cc2)CC[S@@]1=O. The van der Waals surface area contributed by atoms with Gasteiger partial charge < -0.3 is 0 Å². The summed E-state index contributed by atoms with van der Waals surface area (Å²) in [7, 11) is -5.52. The molecule has 0 unspecified atom stereocenters. The molecule has 0 saturated carbocycles. The molecule has 0 N–H and O–H groups in total. The zero-order chi connectivity index (χ0) is 18.1. The van der Waals surface area contributed by atoms with Crippen molar-refractivity contribution < 1.29 is 21.0 Å². The van der Waals surface area contributed by atoms with Crippen LogP contribution < -0.4 is 0 Å². The number of hydrogen-bond donors (Lipinski definition) is 0. The van der Waals surface area contributed by atoms with E-state index in [-0.39, 0.29) is 21.6 Å². The Morgan fingerprint density at radius 1 is 1.04 bits per heavy atom. The lowest BCUT2D eigenvalue weighted by Gasteiger charge is -2.20. The highest BCUT2D eigenvalue weighted by molar-refractivity contribution is 7.89. The van der Waals surface area contributed by atoms with Gasteiger partial charge in [0.05, 0.1) is 9.79 Å². The van der Waals surface area contributed by atoms with Gasteiger partial charge in [-0.05, 0) is 30.7 Å². The molecule has 1 saturated heterocycles. The molecule has 136 valence electrons. The summed E-state index contributed by atoms with van der Waals surface area (Å²) in [6.07, 6.45) is 0.541. The fourth-order valence-corrected chi connectivity index (χ4v) is 5.99. The molecule has 24 heavy (non-hydrogen) atoms. The molecular formula is C14H22N2O5S3. The van der Waals surface area contributed by atoms with E-state index in [1.54, 1.807) is 0 Å². The second kappa shape index (κ2) is 7.20. The Morgan fingerprint density at radius 2 is 1.58 bits per heavy atom. The van der Waals surface area contributed by atoms with Gasteiger partial charge in [0.1, 0.15) is 0 Å². The van der Waals surface area contributed by atoms with Gasteiger partial charge in [-0.25, -0.2) is 21.1 Å². The van der Waals surface area contributed by atoms with Gasteiger partial charge in [-0.2, -0.15) is 4.31 Å². The summed E-state index contributed by atoms with van der Waals surface area (Å²) in [5, 5.41) is -0.0298. The van der Waals surface area contributed by atoms with Crippen LogP contribution in [0.15, 0.2) is 34.1 Å². The van der Waals surface area contributed by atoms with Gasteiger partial charge in [-0.15, -0.1) is 0 Å². The molecule has 2 rings (SSSR count). The Labute approximate surface area is 146 Å². The molecule has 0 aromatic heterocycles. The zero-order valence-corrected chi connectivity index (χ0v) is 16.3. The largest absolute Gasteiger partial charge is 0.259 e. The third-order valence-corrected chi connectivity index (χ3v) is 9.48. The maximum Gasteiger partial charge on any atom is 0.243 e. The van der Waals surface area contributed by atoms with Crippen molar-refractivity contribution in [3.05, 3.63) is 24.3 Å². The summed E-state index contributed by atoms with van der Waals surface area (Å²) in [5.74, 6) is 0.313. The number of benzene rings is 1. The molecular weight excluding hydrogens is 372 g/mol. The molecule has 0 spiro atoms. The van der Waals surface area contributed by atoms with E-state index in [1.807, 2.05) is 6.92 Å². The Kier molecular flexibility index (Phi) is 5.86. The normalized spacial score (nSPS) is 24.0. The Hall–Kier alpha value is -0.810. The Morgan fingerprint density at radius 3 is 2.12 bits per heavy atom. The van der Waals surface area contributed by atoms with E-state index in [1.165, 1.54) is 42.7 Å². The van der Waals surface area contributed by atoms with Crippen LogP contribution in [0.3, 0.4) is 0 Å². The highest BCUT2D eigenvalue weighted by Crippen LogP contribution is 2.22. The minimum Gasteiger partial charge on any atom is -0.259 e. The van der Waals surface area contributed by atoms with Crippen molar-refractivity contribution in [2.24, 2.45) is 0 Å². The van der Waals surface area contributed by atoms with E-state index in [9.17, 15) is 21.0 Å². The van der Waals surface area contributed by atoms with Gasteiger partial charge in [0.25, 0.3) is 0 Å². The summed E-state index contributed by atoms with van der Waals surface area (Å²) < 4.78 is 63.8. The average molecular weight is 395 g/mol. The van der Waals surface area contributed by atoms with Crippen molar-refractivity contribution in [1.29, 1.82) is 0 Å². The van der Waals surface area contributed by atoms with Gasteiger partial charge in [0, 0.05) is 49.0 Å². The fourth-order valence-electron chi connectivity index (χ4n) is 2.35. The minimum atomic E-state index is -3.72. The molecule has 0 aliphatic carbocycles. The van der Waals surface area contributed by atoms with Gasteiger partial charge in [0.15, 0.2) is 0 Å². The molecule has 0 amide bonds. The summed E-state index contributed by atoms with van der Waals surface area (Å²) in [6.45, 7) is 2.37. The van der Waals surface area contributed by atoms with Crippen LogP contribution in [0.5, 0.6) is 0 Å². The first-order valence-corrected chi connectivity index (χ1v) is 11.7. The molecule has 1 heterocycles. The van der Waals surface area contributed by atoms with Crippen LogP contribution in [-0.4, -0.2) is 67.8 Å². The van der Waals surface area contributed by atoms with Gasteiger partial charge in [0.2, 0.25) is 20.0 Å². The predicted octanol–water partition coefficient (Wildman–Crippen LogP) is 0.469. The van der Waals surface area contributed by atoms with Gasteiger partial charge in [-0.3, -0.25) is 4.21 Å². The quantitative estimate of drug-likeness (QED) is 0.740. The van der Waals surface area contributed by atoms with Crippen molar-refractivity contribution in [2.75, 3.05) is 32.9 Å². The average Bonchev–Trinajstić information content (AvgIpc) is 2.70. The first-order chi connectivity index (χ1) is 11.1. The summed E-state index contributed by atoms with van der Waals surface area (Å²) >= 11 is 0. The zero-order valence-electron chi connectivity index (χ0n) is 13.9. The lowest BCUT2D eigenvalue weighted by molar-refractivity contribution is 0.429. The van der Waals surface area contributed by atoms with Crippen molar-refractivity contribution >= 4 is 30.8 Å². The second-order valence-corrected chi connectivity index (χ2v) is 11.9. The predicted molar refractivity (Wildman–Crippen MR) is 93.2 cm³/mol. The molecule has 2 atom stereocenters. The highest BCUT2D eigenvalue weighted by atomic mass is 32.2. The van der Waals surface area contributed by atoms with E-state index in [0.717, 1.165) is 4.31 Å². The van der Waals surface area contributed by atoms with Crippen LogP contribution in [0, 0.1) is 0 Å². The first kappa shape index (κ1) is 19.5. The topological polar surface area (TPSA) is 91.8 Å². The van der Waals surface area contributed by atoms with E-state index in [0.29, 0.717) is 18.7 Å². The van der Waals surface area contributed by atoms with Crippen molar-refractivity contribution in [2.45, 2.75) is 28.4 Å². The van der Waals surface area contributed by atoms with E-state index in [2.05, 4.69) is 0 Å². The van der Waals surface area contributed by atoms with Gasteiger partial charge >= 0.3 is 0 Å². The molecule has 1 aliphatic heterocycles. The van der Waals surface area contributed by atoms with E-state index < -0.39 is 30.8 Å². The monoisotopic (exact) mass is 394 g/mol. The van der Waals surface area contributed by atoms with Crippen molar-refractivity contribution in [1.82, 2.24) is 8.61 Å². The standard InChI is InChI=1S/C14H22N2O5S3/c1-12-8-9-16(10-11-22(12)17)24(20,21)14-6-4-13(5-7-14)23(18,19)15(2)3/h4-7,12H,8-11H2,1-3H3/t12-,22-/m0/s1. The summed E-state index contributed by atoms with van der Waals surface area (Å²) in [5.41, 5.74) is 0. The van der Waals surface area contributed by atoms with Crippen LogP contribution in [0.25, 0.3) is 0 Å². The lowest BCUT2D eigenvalue weighted by Crippen LogP contribution is -2.33. The second-order valence-electron chi connectivity index (χ2n) is 5.85. The lowest BCUT2D eigenvalue weighted by atomic mass is 10.3. The third-order valence-electron chi connectivity index (χ3n) is 4.02. The maximum absolute atomic E-state index is 12.7. The van der Waals surface area contributed by atoms with Crippen molar-refractivity contribution in [3.8, 4) is 0 Å². The van der Waals surface area contributed by atoms with E-state index in [4.69, 9.17) is 0 Å². The van der Waals surface area contributed by atoms with Gasteiger partial charge in [-0.1, -0.05) is 6.92 Å². The molecule has 10 heteroatoms. The van der Waals surface area contributed by atoms with Crippen LogP contribution in [0.4, 0.5) is 0 Å². The molecule has 7 nitrogen and oxygen atoms in total. The minimum absolute atomic E-state index is 0.0298. The van der Waals surface area contributed by atoms with Crippen LogP contribution in [-0.2, 0) is 30.8 Å². The van der Waals surface area contributed by atoms with Crippen LogP contribution in [0.2, 0.25) is 0 Å². The number of hydrogen-bond acceptors (Lipinski definition) is 5. The molecule has 0 bridgehead atoms. The Balaban J connectivity index is 2.29. The Bertz CT molecular complexity index is 816. The highest BCUT2D eigenvalue weighted by Gasteiger charge is 2.29. The van der Waals surface area contributed by atoms with Crippen LogP contribution >= 0.6 is 0 Å². The van der Waals surface area contributed by atoms with E-state index >= 15 is 0 Å². The number of sulfonamides is 2. The molecule has 1 aromatic rings. The molecule has 1 fully saturated rings. The smallest absolute Gasteiger partial charge is 0.243 e. The summed E-state index contributed by atoms with van der Waals surface area (Å²) in [6, 6.07) is 5.19. The maximum atomic E-state index is 12.7. The molecule has 1 aliphatic rings. The molecule has 0 radical (unpaired) electrons. The first-order valence-electron chi connectivity index (χ1n) is 7.46. The summed E-state index contributed by atoms with van der Waals surface area (Å²) in [4.78, 5) is 0.0811. The third kappa shape index (κ3) is 3.88.